The highest BCUT2D eigenvalue weighted by atomic mass is 32.1. The Morgan fingerprint density at radius 3 is 2.40 bits per heavy atom. The van der Waals surface area contributed by atoms with Crippen molar-refractivity contribution in [1.29, 1.82) is 0 Å². The second kappa shape index (κ2) is 9.36. The fraction of sp³-hybridized carbons (Fsp3) is 0.190. The zero-order valence-corrected chi connectivity index (χ0v) is 17.1. The van der Waals surface area contributed by atoms with Crippen molar-refractivity contribution in [2.45, 2.75) is 6.42 Å². The summed E-state index contributed by atoms with van der Waals surface area (Å²) in [7, 11) is 2.85. The summed E-state index contributed by atoms with van der Waals surface area (Å²) in [6.07, 6.45) is 0.249. The number of methoxy groups -OCH3 is 2. The molecular weight excluding hydrogens is 411 g/mol. The summed E-state index contributed by atoms with van der Waals surface area (Å²) < 4.78 is 23.4. The fourth-order valence-corrected chi connectivity index (χ4v) is 3.84. The number of amides is 1. The number of benzene rings is 2. The van der Waals surface area contributed by atoms with Crippen LogP contribution in [0.25, 0.3) is 10.4 Å². The van der Waals surface area contributed by atoms with E-state index in [1.54, 1.807) is 30.3 Å². The first-order valence-corrected chi connectivity index (χ1v) is 9.78. The predicted molar refractivity (Wildman–Crippen MR) is 112 cm³/mol. The van der Waals surface area contributed by atoms with E-state index in [0.29, 0.717) is 16.2 Å². The van der Waals surface area contributed by atoms with Gasteiger partial charge in [-0.25, -0.2) is 4.39 Å². The van der Waals surface area contributed by atoms with Gasteiger partial charge in [0.1, 0.15) is 5.82 Å². The van der Waals surface area contributed by atoms with Crippen LogP contribution in [-0.2, 0) is 6.42 Å². The Balaban J connectivity index is 1.67. The standard InChI is InChI=1S/C21H19FN2O5S/c1-28-17-11-14(16(24(26)27)12-18(17)29-2)9-10-23-21(25)20-8-7-19(30-20)13-3-5-15(22)6-4-13/h3-8,11-12H,9-10H2,1-2H3,(H,23,25). The van der Waals surface area contributed by atoms with Crippen LogP contribution >= 0.6 is 11.3 Å². The lowest BCUT2D eigenvalue weighted by Crippen LogP contribution is -2.25. The maximum atomic E-state index is 13.1. The van der Waals surface area contributed by atoms with E-state index in [1.807, 2.05) is 0 Å². The molecule has 1 N–H and O–H groups in total. The summed E-state index contributed by atoms with van der Waals surface area (Å²) in [5.74, 6) is 0.0459. The van der Waals surface area contributed by atoms with Crippen LogP contribution in [0.15, 0.2) is 48.5 Å². The summed E-state index contributed by atoms with van der Waals surface area (Å²) in [6.45, 7) is 0.207. The van der Waals surface area contributed by atoms with E-state index in [1.165, 1.54) is 43.8 Å². The fourth-order valence-electron chi connectivity index (χ4n) is 2.91. The Morgan fingerprint density at radius 2 is 1.77 bits per heavy atom. The van der Waals surface area contributed by atoms with E-state index in [9.17, 15) is 19.3 Å². The zero-order valence-electron chi connectivity index (χ0n) is 16.3. The number of rotatable bonds is 8. The third-order valence-corrected chi connectivity index (χ3v) is 5.55. The van der Waals surface area contributed by atoms with E-state index < -0.39 is 4.92 Å². The first kappa shape index (κ1) is 21.3. The van der Waals surface area contributed by atoms with Crippen molar-refractivity contribution in [3.63, 3.8) is 0 Å². The lowest BCUT2D eigenvalue weighted by molar-refractivity contribution is -0.385. The average Bonchev–Trinajstić information content (AvgIpc) is 3.24. The highest BCUT2D eigenvalue weighted by molar-refractivity contribution is 7.17. The lowest BCUT2D eigenvalue weighted by Gasteiger charge is -2.11. The van der Waals surface area contributed by atoms with Gasteiger partial charge in [0, 0.05) is 17.0 Å². The monoisotopic (exact) mass is 430 g/mol. The first-order chi connectivity index (χ1) is 14.4. The molecule has 0 unspecified atom stereocenters. The van der Waals surface area contributed by atoms with E-state index in [2.05, 4.69) is 5.32 Å². The van der Waals surface area contributed by atoms with Crippen LogP contribution in [0, 0.1) is 15.9 Å². The predicted octanol–water partition coefficient (Wildman–Crippen LogP) is 4.45. The van der Waals surface area contributed by atoms with Gasteiger partial charge in [-0.15, -0.1) is 11.3 Å². The number of carbonyl (C=O) groups is 1. The smallest absolute Gasteiger partial charge is 0.276 e. The SMILES string of the molecule is COc1cc(CCNC(=O)c2ccc(-c3ccc(F)cc3)s2)c([N+](=O)[O-])cc1OC. The van der Waals surface area contributed by atoms with Gasteiger partial charge in [0.05, 0.1) is 30.1 Å². The number of ether oxygens (including phenoxy) is 2. The Hall–Kier alpha value is -3.46. The van der Waals surface area contributed by atoms with Crippen molar-refractivity contribution in [2.75, 3.05) is 20.8 Å². The number of nitro benzene ring substituents is 1. The maximum absolute atomic E-state index is 13.1. The highest BCUT2D eigenvalue weighted by Crippen LogP contribution is 2.34. The van der Waals surface area contributed by atoms with Crippen LogP contribution in [0.4, 0.5) is 10.1 Å². The Kier molecular flexibility index (Phi) is 6.63. The molecule has 9 heteroatoms. The number of hydrogen-bond donors (Lipinski definition) is 1. The third kappa shape index (κ3) is 4.74. The van der Waals surface area contributed by atoms with Crippen LogP contribution in [0.5, 0.6) is 11.5 Å². The number of hydrogen-bond acceptors (Lipinski definition) is 6. The largest absolute Gasteiger partial charge is 0.493 e. The number of thiophene rings is 1. The summed E-state index contributed by atoms with van der Waals surface area (Å²) in [5.41, 5.74) is 1.15. The van der Waals surface area contributed by atoms with E-state index in [4.69, 9.17) is 9.47 Å². The molecule has 1 heterocycles. The highest BCUT2D eigenvalue weighted by Gasteiger charge is 2.19. The average molecular weight is 430 g/mol. The zero-order chi connectivity index (χ0) is 21.7. The first-order valence-electron chi connectivity index (χ1n) is 8.96. The summed E-state index contributed by atoms with van der Waals surface area (Å²) in [6, 6.07) is 12.4. The van der Waals surface area contributed by atoms with Gasteiger partial charge < -0.3 is 14.8 Å². The van der Waals surface area contributed by atoms with E-state index in [0.717, 1.165) is 10.4 Å². The molecule has 0 atom stereocenters. The molecule has 1 aromatic heterocycles. The van der Waals surface area contributed by atoms with Gasteiger partial charge in [-0.1, -0.05) is 12.1 Å². The van der Waals surface area contributed by atoms with Crippen molar-refractivity contribution in [2.24, 2.45) is 0 Å². The quantitative estimate of drug-likeness (QED) is 0.421. The second-order valence-electron chi connectivity index (χ2n) is 6.27. The number of nitrogens with zero attached hydrogens (tertiary/aromatic N) is 1. The summed E-state index contributed by atoms with van der Waals surface area (Å²) >= 11 is 1.29. The van der Waals surface area contributed by atoms with Gasteiger partial charge in [-0.05, 0) is 42.3 Å². The van der Waals surface area contributed by atoms with Crippen LogP contribution in [0.2, 0.25) is 0 Å². The summed E-state index contributed by atoms with van der Waals surface area (Å²) in [4.78, 5) is 24.7. The normalized spacial score (nSPS) is 10.5. The van der Waals surface area contributed by atoms with Gasteiger partial charge in [0.25, 0.3) is 11.6 Å². The summed E-state index contributed by atoms with van der Waals surface area (Å²) in [5, 5.41) is 14.1. The molecule has 0 saturated heterocycles. The van der Waals surface area contributed by atoms with Crippen molar-refractivity contribution in [1.82, 2.24) is 5.32 Å². The molecule has 0 aliphatic heterocycles. The van der Waals surface area contributed by atoms with Gasteiger partial charge in [0.15, 0.2) is 11.5 Å². The van der Waals surface area contributed by atoms with Gasteiger partial charge in [-0.3, -0.25) is 14.9 Å². The Morgan fingerprint density at radius 1 is 1.10 bits per heavy atom. The second-order valence-corrected chi connectivity index (χ2v) is 7.35. The minimum absolute atomic E-state index is 0.100. The van der Waals surface area contributed by atoms with E-state index >= 15 is 0 Å². The molecule has 1 amide bonds. The van der Waals surface area contributed by atoms with Gasteiger partial charge in [0.2, 0.25) is 0 Å². The molecule has 3 rings (SSSR count). The molecule has 30 heavy (non-hydrogen) atoms. The minimum atomic E-state index is -0.493. The molecule has 0 radical (unpaired) electrons. The molecule has 156 valence electrons. The number of halogens is 1. The Labute approximate surface area is 176 Å². The topological polar surface area (TPSA) is 90.7 Å². The Bertz CT molecular complexity index is 1070. The van der Waals surface area contributed by atoms with Crippen LogP contribution in [-0.4, -0.2) is 31.6 Å². The van der Waals surface area contributed by atoms with Gasteiger partial charge in [-0.2, -0.15) is 0 Å². The molecule has 2 aromatic carbocycles. The van der Waals surface area contributed by atoms with Crippen molar-refractivity contribution >= 4 is 22.9 Å². The number of nitro groups is 1. The molecule has 0 saturated carbocycles. The number of nitrogens with one attached hydrogen (secondary N) is 1. The molecule has 0 fully saturated rings. The third-order valence-electron chi connectivity index (χ3n) is 4.42. The van der Waals surface area contributed by atoms with Crippen molar-refractivity contribution < 1.29 is 23.6 Å². The van der Waals surface area contributed by atoms with Crippen molar-refractivity contribution in [3.05, 3.63) is 74.9 Å². The molecular formula is C21H19FN2O5S. The molecule has 0 aliphatic rings. The van der Waals surface area contributed by atoms with Gasteiger partial charge >= 0.3 is 0 Å². The number of carbonyl (C=O) groups excluding carboxylic acids is 1. The molecule has 0 bridgehead atoms. The molecule has 0 aliphatic carbocycles. The van der Waals surface area contributed by atoms with Crippen LogP contribution in [0.3, 0.4) is 0 Å². The van der Waals surface area contributed by atoms with Crippen LogP contribution in [0.1, 0.15) is 15.2 Å². The van der Waals surface area contributed by atoms with Crippen LogP contribution < -0.4 is 14.8 Å². The van der Waals surface area contributed by atoms with Crippen molar-refractivity contribution in [3.8, 4) is 21.9 Å². The lowest BCUT2D eigenvalue weighted by atomic mass is 10.1. The molecule has 0 spiro atoms. The maximum Gasteiger partial charge on any atom is 0.276 e. The molecule has 3 aromatic rings. The van der Waals surface area contributed by atoms with E-state index in [-0.39, 0.29) is 36.1 Å². The minimum Gasteiger partial charge on any atom is -0.493 e. The molecule has 7 nitrogen and oxygen atoms in total.